The van der Waals surface area contributed by atoms with E-state index in [1.165, 1.54) is 18.3 Å². The number of amides is 1. The second-order valence-corrected chi connectivity index (χ2v) is 5.46. The summed E-state index contributed by atoms with van der Waals surface area (Å²) in [5, 5.41) is 2.98. The van der Waals surface area contributed by atoms with Gasteiger partial charge in [0.15, 0.2) is 0 Å². The Labute approximate surface area is 139 Å². The van der Waals surface area contributed by atoms with E-state index in [1.54, 1.807) is 6.20 Å². The molecule has 1 aromatic carbocycles. The van der Waals surface area contributed by atoms with Gasteiger partial charge in [0.1, 0.15) is 5.82 Å². The van der Waals surface area contributed by atoms with Gasteiger partial charge in [0.2, 0.25) is 5.95 Å². The molecule has 3 rings (SSSR count). The molecule has 5 nitrogen and oxygen atoms in total. The number of aryl methyl sites for hydroxylation is 1. The summed E-state index contributed by atoms with van der Waals surface area (Å²) in [6.45, 7) is 0. The molecule has 0 saturated carbocycles. The molecule has 3 aromatic rings. The number of hydrogen-bond donors (Lipinski definition) is 1. The highest BCUT2D eigenvalue weighted by atomic mass is 19.1. The molecule has 0 radical (unpaired) electrons. The molecular formula is C18H17FN4O. The number of pyridine rings is 1. The summed E-state index contributed by atoms with van der Waals surface area (Å²) in [4.78, 5) is 20.3. The summed E-state index contributed by atoms with van der Waals surface area (Å²) >= 11 is 0. The molecule has 0 aliphatic heterocycles. The fraction of sp³-hybridized carbons (Fsp3) is 0.167. The van der Waals surface area contributed by atoms with Crippen LogP contribution in [0.15, 0.2) is 61.1 Å². The van der Waals surface area contributed by atoms with E-state index in [0.717, 1.165) is 11.4 Å². The van der Waals surface area contributed by atoms with Gasteiger partial charge < -0.3 is 9.88 Å². The van der Waals surface area contributed by atoms with E-state index in [-0.39, 0.29) is 11.9 Å². The topological polar surface area (TPSA) is 59.8 Å². The van der Waals surface area contributed by atoms with Crippen LogP contribution in [0, 0.1) is 5.95 Å². The SMILES string of the molecule is Cn1ccnc1CC(NC(=O)c1ccc(F)nc1)c1ccccc1. The van der Waals surface area contributed by atoms with Crippen molar-refractivity contribution >= 4 is 5.91 Å². The highest BCUT2D eigenvalue weighted by Gasteiger charge is 2.18. The number of benzene rings is 1. The van der Waals surface area contributed by atoms with Crippen LogP contribution in [-0.4, -0.2) is 20.4 Å². The van der Waals surface area contributed by atoms with Crippen molar-refractivity contribution in [1.82, 2.24) is 19.9 Å². The summed E-state index contributed by atoms with van der Waals surface area (Å²) < 4.78 is 14.8. The number of nitrogens with zero attached hydrogens (tertiary/aromatic N) is 3. The third-order valence-corrected chi connectivity index (χ3v) is 3.80. The Balaban J connectivity index is 1.83. The molecule has 24 heavy (non-hydrogen) atoms. The van der Waals surface area contributed by atoms with Crippen LogP contribution in [0.1, 0.15) is 27.8 Å². The van der Waals surface area contributed by atoms with Gasteiger partial charge in [-0.05, 0) is 17.7 Å². The number of halogens is 1. The van der Waals surface area contributed by atoms with Crippen LogP contribution in [0.25, 0.3) is 0 Å². The third kappa shape index (κ3) is 3.65. The first kappa shape index (κ1) is 15.9. The number of aromatic nitrogens is 3. The number of rotatable bonds is 5. The molecule has 0 spiro atoms. The minimum atomic E-state index is -0.612. The van der Waals surface area contributed by atoms with Gasteiger partial charge in [0.05, 0.1) is 11.6 Å². The van der Waals surface area contributed by atoms with Gasteiger partial charge in [-0.1, -0.05) is 30.3 Å². The first-order chi connectivity index (χ1) is 11.6. The highest BCUT2D eigenvalue weighted by molar-refractivity contribution is 5.94. The molecule has 0 saturated heterocycles. The van der Waals surface area contributed by atoms with Crippen LogP contribution in [0.3, 0.4) is 0 Å². The van der Waals surface area contributed by atoms with Crippen molar-refractivity contribution in [3.8, 4) is 0 Å². The van der Waals surface area contributed by atoms with Crippen molar-refractivity contribution < 1.29 is 9.18 Å². The van der Waals surface area contributed by atoms with E-state index in [2.05, 4.69) is 15.3 Å². The fourth-order valence-electron chi connectivity index (χ4n) is 2.47. The molecule has 1 unspecified atom stereocenters. The second kappa shape index (κ2) is 7.04. The van der Waals surface area contributed by atoms with Gasteiger partial charge in [-0.3, -0.25) is 4.79 Å². The maximum Gasteiger partial charge on any atom is 0.253 e. The van der Waals surface area contributed by atoms with Gasteiger partial charge in [-0.15, -0.1) is 0 Å². The lowest BCUT2D eigenvalue weighted by Gasteiger charge is -2.19. The average molecular weight is 324 g/mol. The lowest BCUT2D eigenvalue weighted by atomic mass is 10.0. The van der Waals surface area contributed by atoms with E-state index >= 15 is 0 Å². The molecule has 1 amide bonds. The fourth-order valence-corrected chi connectivity index (χ4v) is 2.47. The van der Waals surface area contributed by atoms with Crippen LogP contribution in [0.5, 0.6) is 0 Å². The summed E-state index contributed by atoms with van der Waals surface area (Å²) in [5.41, 5.74) is 1.29. The smallest absolute Gasteiger partial charge is 0.253 e. The number of imidazole rings is 1. The van der Waals surface area contributed by atoms with E-state index in [9.17, 15) is 9.18 Å². The molecule has 122 valence electrons. The zero-order chi connectivity index (χ0) is 16.9. The second-order valence-electron chi connectivity index (χ2n) is 5.46. The first-order valence-electron chi connectivity index (χ1n) is 7.57. The highest BCUT2D eigenvalue weighted by Crippen LogP contribution is 2.18. The van der Waals surface area contributed by atoms with E-state index in [1.807, 2.05) is 48.1 Å². The number of hydrogen-bond acceptors (Lipinski definition) is 3. The van der Waals surface area contributed by atoms with Gasteiger partial charge in [0, 0.05) is 32.1 Å². The Morgan fingerprint density at radius 3 is 2.62 bits per heavy atom. The molecule has 0 bridgehead atoms. The standard InChI is InChI=1S/C18H17FN4O/c1-23-10-9-20-17(23)11-15(13-5-3-2-4-6-13)22-18(24)14-7-8-16(19)21-12-14/h2-10,12,15H,11H2,1H3,(H,22,24). The number of nitrogens with one attached hydrogen (secondary N) is 1. The van der Waals surface area contributed by atoms with Gasteiger partial charge >= 0.3 is 0 Å². The molecule has 6 heteroatoms. The normalized spacial score (nSPS) is 11.9. The quantitative estimate of drug-likeness (QED) is 0.734. The third-order valence-electron chi connectivity index (χ3n) is 3.80. The van der Waals surface area contributed by atoms with Crippen LogP contribution in [0.2, 0.25) is 0 Å². The van der Waals surface area contributed by atoms with Crippen molar-refractivity contribution in [3.63, 3.8) is 0 Å². The van der Waals surface area contributed by atoms with Gasteiger partial charge in [-0.2, -0.15) is 4.39 Å². The van der Waals surface area contributed by atoms with Crippen LogP contribution in [-0.2, 0) is 13.5 Å². The summed E-state index contributed by atoms with van der Waals surface area (Å²) in [5.74, 6) is -0.0499. The molecule has 1 atom stereocenters. The monoisotopic (exact) mass is 324 g/mol. The zero-order valence-corrected chi connectivity index (χ0v) is 13.2. The van der Waals surface area contributed by atoms with Crippen molar-refractivity contribution in [1.29, 1.82) is 0 Å². The maximum atomic E-state index is 12.9. The van der Waals surface area contributed by atoms with E-state index in [0.29, 0.717) is 12.0 Å². The van der Waals surface area contributed by atoms with Crippen molar-refractivity contribution in [2.75, 3.05) is 0 Å². The average Bonchev–Trinajstić information content (AvgIpc) is 3.00. The Morgan fingerprint density at radius 2 is 2.00 bits per heavy atom. The van der Waals surface area contributed by atoms with Crippen LogP contribution >= 0.6 is 0 Å². The molecule has 0 aliphatic rings. The Morgan fingerprint density at radius 1 is 1.21 bits per heavy atom. The largest absolute Gasteiger partial charge is 0.345 e. The zero-order valence-electron chi connectivity index (χ0n) is 13.2. The number of carbonyl (C=O) groups excluding carboxylic acids is 1. The Kier molecular flexibility index (Phi) is 4.65. The van der Waals surface area contributed by atoms with Crippen molar-refractivity contribution in [2.24, 2.45) is 7.05 Å². The van der Waals surface area contributed by atoms with Gasteiger partial charge in [0.25, 0.3) is 5.91 Å². The predicted molar refractivity (Wildman–Crippen MR) is 87.8 cm³/mol. The molecule has 2 heterocycles. The summed E-state index contributed by atoms with van der Waals surface area (Å²) in [6.07, 6.45) is 5.37. The molecule has 0 fully saturated rings. The van der Waals surface area contributed by atoms with Crippen molar-refractivity contribution in [3.05, 3.63) is 84.0 Å². The van der Waals surface area contributed by atoms with Crippen LogP contribution in [0.4, 0.5) is 4.39 Å². The molecule has 1 N–H and O–H groups in total. The lowest BCUT2D eigenvalue weighted by molar-refractivity contribution is 0.0935. The Bertz CT molecular complexity index is 815. The lowest BCUT2D eigenvalue weighted by Crippen LogP contribution is -2.30. The molecule has 2 aromatic heterocycles. The number of carbonyl (C=O) groups is 1. The van der Waals surface area contributed by atoms with E-state index in [4.69, 9.17) is 0 Å². The van der Waals surface area contributed by atoms with Crippen LogP contribution < -0.4 is 5.32 Å². The predicted octanol–water partition coefficient (Wildman–Crippen LogP) is 2.67. The molecular weight excluding hydrogens is 307 g/mol. The Hall–Kier alpha value is -3.02. The molecule has 0 aliphatic carbocycles. The minimum absolute atomic E-state index is 0.246. The first-order valence-corrected chi connectivity index (χ1v) is 7.57. The van der Waals surface area contributed by atoms with Crippen molar-refractivity contribution in [2.45, 2.75) is 12.5 Å². The van der Waals surface area contributed by atoms with Gasteiger partial charge in [-0.25, -0.2) is 9.97 Å². The summed E-state index contributed by atoms with van der Waals surface area (Å²) in [7, 11) is 1.91. The maximum absolute atomic E-state index is 12.9. The minimum Gasteiger partial charge on any atom is -0.345 e. The summed E-state index contributed by atoms with van der Waals surface area (Å²) in [6, 6.07) is 12.0. The van der Waals surface area contributed by atoms with E-state index < -0.39 is 5.95 Å².